The van der Waals surface area contributed by atoms with Gasteiger partial charge in [0.1, 0.15) is 5.69 Å². The number of aromatic amines is 1. The number of hydrogen-bond donors (Lipinski definition) is 1. The molecule has 1 N–H and O–H groups in total. The SMILES string of the molecule is O=C(c1ccco1)N1CCC(c2cc(=O)[nH]c(-c3ccccn3)n2)CC1. The molecule has 1 aliphatic heterocycles. The number of carbonyl (C=O) groups excluding carboxylic acids is 1. The second-order valence-electron chi connectivity index (χ2n) is 6.28. The maximum atomic E-state index is 12.4. The zero-order valence-corrected chi connectivity index (χ0v) is 14.1. The van der Waals surface area contributed by atoms with Crippen LogP contribution in [0, 0.1) is 0 Å². The number of piperidine rings is 1. The van der Waals surface area contributed by atoms with Crippen molar-refractivity contribution in [3.8, 4) is 11.5 Å². The summed E-state index contributed by atoms with van der Waals surface area (Å²) in [7, 11) is 0. The smallest absolute Gasteiger partial charge is 0.289 e. The van der Waals surface area contributed by atoms with Gasteiger partial charge in [0.15, 0.2) is 11.6 Å². The Balaban J connectivity index is 1.50. The van der Waals surface area contributed by atoms with Crippen molar-refractivity contribution in [2.45, 2.75) is 18.8 Å². The molecule has 4 rings (SSSR count). The lowest BCUT2D eigenvalue weighted by Crippen LogP contribution is -2.38. The van der Waals surface area contributed by atoms with Crippen molar-refractivity contribution < 1.29 is 9.21 Å². The topological polar surface area (TPSA) is 92.1 Å². The number of likely N-dealkylation sites (tertiary alicyclic amines) is 1. The van der Waals surface area contributed by atoms with Crippen molar-refractivity contribution in [3.05, 3.63) is 70.7 Å². The molecule has 4 heterocycles. The van der Waals surface area contributed by atoms with Gasteiger partial charge in [0.05, 0.1) is 12.0 Å². The summed E-state index contributed by atoms with van der Waals surface area (Å²) in [5.74, 6) is 0.874. The molecule has 0 aromatic carbocycles. The molecule has 0 spiro atoms. The van der Waals surface area contributed by atoms with Crippen molar-refractivity contribution in [1.29, 1.82) is 0 Å². The zero-order chi connectivity index (χ0) is 17.9. The Hall–Kier alpha value is -3.22. The molecule has 7 heteroatoms. The molecule has 0 unspecified atom stereocenters. The first kappa shape index (κ1) is 16.3. The summed E-state index contributed by atoms with van der Waals surface area (Å²) in [4.78, 5) is 37.8. The second kappa shape index (κ2) is 6.95. The summed E-state index contributed by atoms with van der Waals surface area (Å²) >= 11 is 0. The van der Waals surface area contributed by atoms with Crippen LogP contribution in [0.4, 0.5) is 0 Å². The molecule has 7 nitrogen and oxygen atoms in total. The highest BCUT2D eigenvalue weighted by atomic mass is 16.3. The summed E-state index contributed by atoms with van der Waals surface area (Å²) < 4.78 is 5.18. The fraction of sp³-hybridized carbons (Fsp3) is 0.263. The second-order valence-corrected chi connectivity index (χ2v) is 6.28. The minimum absolute atomic E-state index is 0.0958. The van der Waals surface area contributed by atoms with E-state index in [0.29, 0.717) is 30.4 Å². The number of H-pyrrole nitrogens is 1. The first-order chi connectivity index (χ1) is 12.7. The molecular formula is C19H18N4O3. The number of hydrogen-bond acceptors (Lipinski definition) is 5. The van der Waals surface area contributed by atoms with Crippen molar-refractivity contribution in [3.63, 3.8) is 0 Å². The number of rotatable bonds is 3. The fourth-order valence-electron chi connectivity index (χ4n) is 3.24. The highest BCUT2D eigenvalue weighted by Crippen LogP contribution is 2.27. The van der Waals surface area contributed by atoms with Gasteiger partial charge in [-0.1, -0.05) is 6.07 Å². The largest absolute Gasteiger partial charge is 0.459 e. The number of furan rings is 1. The van der Waals surface area contributed by atoms with Gasteiger partial charge in [0.2, 0.25) is 0 Å². The Morgan fingerprint density at radius 2 is 2.04 bits per heavy atom. The van der Waals surface area contributed by atoms with Crippen LogP contribution in [-0.2, 0) is 0 Å². The third-order valence-electron chi connectivity index (χ3n) is 4.60. The molecule has 3 aromatic heterocycles. The Kier molecular flexibility index (Phi) is 4.35. The van der Waals surface area contributed by atoms with E-state index in [1.165, 1.54) is 6.26 Å². The number of pyridine rings is 1. The molecule has 0 saturated carbocycles. The average Bonchev–Trinajstić information content (AvgIpc) is 3.22. The van der Waals surface area contributed by atoms with Crippen molar-refractivity contribution >= 4 is 5.91 Å². The van der Waals surface area contributed by atoms with Crippen LogP contribution in [0.3, 0.4) is 0 Å². The van der Waals surface area contributed by atoms with Gasteiger partial charge in [-0.05, 0) is 37.1 Å². The molecule has 1 amide bonds. The maximum absolute atomic E-state index is 12.4. The number of carbonyl (C=O) groups is 1. The normalized spacial score (nSPS) is 15.2. The van der Waals surface area contributed by atoms with E-state index in [2.05, 4.69) is 15.0 Å². The van der Waals surface area contributed by atoms with Crippen molar-refractivity contribution in [1.82, 2.24) is 19.9 Å². The van der Waals surface area contributed by atoms with Crippen LogP contribution < -0.4 is 5.56 Å². The Morgan fingerprint density at radius 1 is 1.19 bits per heavy atom. The summed E-state index contributed by atoms with van der Waals surface area (Å²) in [5.41, 5.74) is 1.20. The van der Waals surface area contributed by atoms with Gasteiger partial charge in [0, 0.05) is 31.3 Å². The molecular weight excluding hydrogens is 332 g/mol. The van der Waals surface area contributed by atoms with Gasteiger partial charge < -0.3 is 14.3 Å². The molecule has 132 valence electrons. The van der Waals surface area contributed by atoms with Gasteiger partial charge in [-0.15, -0.1) is 0 Å². The van der Waals surface area contributed by atoms with Crippen LogP contribution in [-0.4, -0.2) is 38.8 Å². The first-order valence-corrected chi connectivity index (χ1v) is 8.56. The minimum atomic E-state index is -0.190. The van der Waals surface area contributed by atoms with E-state index < -0.39 is 0 Å². The van der Waals surface area contributed by atoms with E-state index in [1.807, 2.05) is 18.2 Å². The molecule has 0 aliphatic carbocycles. The molecule has 26 heavy (non-hydrogen) atoms. The maximum Gasteiger partial charge on any atom is 0.289 e. The van der Waals surface area contributed by atoms with Crippen LogP contribution in [0.25, 0.3) is 11.5 Å². The van der Waals surface area contributed by atoms with E-state index in [4.69, 9.17) is 4.42 Å². The lowest BCUT2D eigenvalue weighted by Gasteiger charge is -2.31. The summed E-state index contributed by atoms with van der Waals surface area (Å²) in [6.45, 7) is 1.22. The van der Waals surface area contributed by atoms with Crippen molar-refractivity contribution in [2.75, 3.05) is 13.1 Å². The summed E-state index contributed by atoms with van der Waals surface area (Å²) in [5, 5.41) is 0. The van der Waals surface area contributed by atoms with Gasteiger partial charge in [-0.25, -0.2) is 4.98 Å². The zero-order valence-electron chi connectivity index (χ0n) is 14.1. The molecule has 1 fully saturated rings. The highest BCUT2D eigenvalue weighted by molar-refractivity contribution is 5.91. The molecule has 3 aromatic rings. The molecule has 1 aliphatic rings. The van der Waals surface area contributed by atoms with Crippen LogP contribution in [0.15, 0.2) is 58.1 Å². The van der Waals surface area contributed by atoms with E-state index in [9.17, 15) is 9.59 Å². The Morgan fingerprint density at radius 3 is 2.73 bits per heavy atom. The lowest BCUT2D eigenvalue weighted by molar-refractivity contribution is 0.0680. The average molecular weight is 350 g/mol. The number of amides is 1. The van der Waals surface area contributed by atoms with Crippen LogP contribution in [0.2, 0.25) is 0 Å². The first-order valence-electron chi connectivity index (χ1n) is 8.56. The third kappa shape index (κ3) is 3.28. The van der Waals surface area contributed by atoms with Crippen LogP contribution >= 0.6 is 0 Å². The monoisotopic (exact) mass is 350 g/mol. The summed E-state index contributed by atoms with van der Waals surface area (Å²) in [6, 6.07) is 10.4. The number of nitrogens with one attached hydrogen (secondary N) is 1. The van der Waals surface area contributed by atoms with E-state index in [0.717, 1.165) is 18.5 Å². The standard InChI is InChI=1S/C19H18N4O3/c24-17-12-15(21-18(22-17)14-4-1-2-8-20-14)13-6-9-23(10-7-13)19(25)16-5-3-11-26-16/h1-5,8,11-13H,6-7,9-10H2,(H,21,22,24). The summed E-state index contributed by atoms with van der Waals surface area (Å²) in [6.07, 6.45) is 4.68. The number of aromatic nitrogens is 3. The van der Waals surface area contributed by atoms with Gasteiger partial charge in [0.25, 0.3) is 11.5 Å². The highest BCUT2D eigenvalue weighted by Gasteiger charge is 2.27. The van der Waals surface area contributed by atoms with Crippen molar-refractivity contribution in [2.24, 2.45) is 0 Å². The Bertz CT molecular complexity index is 942. The predicted octanol–water partition coefficient (Wildman–Crippen LogP) is 2.44. The molecule has 0 bridgehead atoms. The van der Waals surface area contributed by atoms with Gasteiger partial charge >= 0.3 is 0 Å². The predicted molar refractivity (Wildman–Crippen MR) is 94.7 cm³/mol. The van der Waals surface area contributed by atoms with E-state index in [1.54, 1.807) is 29.3 Å². The quantitative estimate of drug-likeness (QED) is 0.783. The minimum Gasteiger partial charge on any atom is -0.459 e. The molecule has 0 atom stereocenters. The molecule has 1 saturated heterocycles. The van der Waals surface area contributed by atoms with Crippen LogP contribution in [0.5, 0.6) is 0 Å². The molecule has 0 radical (unpaired) electrons. The lowest BCUT2D eigenvalue weighted by atomic mass is 9.93. The van der Waals surface area contributed by atoms with E-state index in [-0.39, 0.29) is 17.4 Å². The Labute approximate surface area is 149 Å². The van der Waals surface area contributed by atoms with Gasteiger partial charge in [-0.3, -0.25) is 14.6 Å². The van der Waals surface area contributed by atoms with E-state index >= 15 is 0 Å². The van der Waals surface area contributed by atoms with Crippen LogP contribution in [0.1, 0.15) is 35.0 Å². The fourth-order valence-corrected chi connectivity index (χ4v) is 3.24. The third-order valence-corrected chi connectivity index (χ3v) is 4.60. The number of nitrogens with zero attached hydrogens (tertiary/aromatic N) is 3. The van der Waals surface area contributed by atoms with Gasteiger partial charge in [-0.2, -0.15) is 0 Å².